The second-order valence-corrected chi connectivity index (χ2v) is 5.66. The number of hydrogen-bond acceptors (Lipinski definition) is 6. The second-order valence-electron chi connectivity index (χ2n) is 5.66. The molecule has 3 heterocycles. The fourth-order valence-electron chi connectivity index (χ4n) is 2.60. The summed E-state index contributed by atoms with van der Waals surface area (Å²) in [5, 5.41) is 6.92. The average molecular weight is 341 g/mol. The summed E-state index contributed by atoms with van der Waals surface area (Å²) < 4.78 is 12.2. The lowest BCUT2D eigenvalue weighted by Gasteiger charge is -2.11. The van der Waals surface area contributed by atoms with Gasteiger partial charge in [-0.05, 0) is 26.8 Å². The van der Waals surface area contributed by atoms with E-state index in [9.17, 15) is 4.79 Å². The van der Waals surface area contributed by atoms with Gasteiger partial charge in [-0.2, -0.15) is 0 Å². The number of rotatable bonds is 5. The van der Waals surface area contributed by atoms with Crippen molar-refractivity contribution in [2.24, 2.45) is 0 Å². The first-order valence-electron chi connectivity index (χ1n) is 7.73. The summed E-state index contributed by atoms with van der Waals surface area (Å²) >= 11 is 0. The van der Waals surface area contributed by atoms with Crippen molar-refractivity contribution in [1.29, 1.82) is 0 Å². The molecule has 0 radical (unpaired) electrons. The van der Waals surface area contributed by atoms with E-state index in [1.165, 1.54) is 6.26 Å². The van der Waals surface area contributed by atoms with Crippen LogP contribution in [0.2, 0.25) is 0 Å². The van der Waals surface area contributed by atoms with Gasteiger partial charge in [-0.1, -0.05) is 0 Å². The number of aromatic nitrogens is 4. The molecule has 0 aliphatic carbocycles. The smallest absolute Gasteiger partial charge is 0.261 e. The van der Waals surface area contributed by atoms with Crippen molar-refractivity contribution >= 4 is 11.9 Å². The molecule has 0 spiro atoms. The summed E-state index contributed by atoms with van der Waals surface area (Å²) in [7, 11) is 1.64. The maximum absolute atomic E-state index is 12.1. The van der Waals surface area contributed by atoms with E-state index in [1.54, 1.807) is 37.3 Å². The van der Waals surface area contributed by atoms with Crippen LogP contribution in [0.15, 0.2) is 29.3 Å². The largest absolute Gasteiger partial charge is 0.496 e. The molecule has 25 heavy (non-hydrogen) atoms. The molecule has 3 aromatic rings. The number of anilines is 1. The van der Waals surface area contributed by atoms with Gasteiger partial charge in [0.2, 0.25) is 5.95 Å². The molecule has 3 rings (SSSR count). The third-order valence-electron chi connectivity index (χ3n) is 3.93. The number of furan rings is 1. The number of carbonyl (C=O) groups excluding carboxylic acids is 1. The van der Waals surface area contributed by atoms with Crippen LogP contribution in [0.4, 0.5) is 5.95 Å². The van der Waals surface area contributed by atoms with Gasteiger partial charge < -0.3 is 9.15 Å². The van der Waals surface area contributed by atoms with Crippen molar-refractivity contribution in [1.82, 2.24) is 19.7 Å². The van der Waals surface area contributed by atoms with Crippen LogP contribution in [0.25, 0.3) is 0 Å². The molecule has 3 aromatic heterocycles. The number of ether oxygens (including phenoxy) is 1. The fourth-order valence-corrected chi connectivity index (χ4v) is 2.60. The Morgan fingerprint density at radius 2 is 2.12 bits per heavy atom. The van der Waals surface area contributed by atoms with E-state index in [1.807, 2.05) is 13.8 Å². The van der Waals surface area contributed by atoms with Gasteiger partial charge in [-0.3, -0.25) is 15.1 Å². The minimum absolute atomic E-state index is 0.224. The molecule has 0 aliphatic heterocycles. The Kier molecular flexibility index (Phi) is 4.51. The van der Waals surface area contributed by atoms with E-state index in [4.69, 9.17) is 9.15 Å². The molecule has 0 bridgehead atoms. The SMILES string of the molecule is COc1c(C)cnc(Cn2cnc(NC(=O)c3ccoc3C)n2)c1C. The van der Waals surface area contributed by atoms with E-state index in [-0.39, 0.29) is 11.9 Å². The predicted octanol–water partition coefficient (Wildman–Crippen LogP) is 2.50. The van der Waals surface area contributed by atoms with Crippen LogP contribution in [0.5, 0.6) is 5.75 Å². The Balaban J connectivity index is 1.74. The highest BCUT2D eigenvalue weighted by Crippen LogP contribution is 2.24. The lowest BCUT2D eigenvalue weighted by molar-refractivity contribution is 0.102. The zero-order valence-corrected chi connectivity index (χ0v) is 14.5. The van der Waals surface area contributed by atoms with Gasteiger partial charge in [0.15, 0.2) is 0 Å². The highest BCUT2D eigenvalue weighted by Gasteiger charge is 2.15. The van der Waals surface area contributed by atoms with E-state index in [0.29, 0.717) is 17.9 Å². The monoisotopic (exact) mass is 341 g/mol. The minimum atomic E-state index is -0.310. The lowest BCUT2D eigenvalue weighted by atomic mass is 10.1. The van der Waals surface area contributed by atoms with E-state index in [2.05, 4.69) is 20.4 Å². The molecule has 1 N–H and O–H groups in total. The van der Waals surface area contributed by atoms with Crippen molar-refractivity contribution in [3.05, 3.63) is 53.0 Å². The molecule has 0 fully saturated rings. The third kappa shape index (κ3) is 3.37. The molecule has 0 saturated heterocycles. The standard InChI is InChI=1S/C17H19N5O3/c1-10-7-18-14(11(2)15(10)24-4)8-22-9-19-17(21-22)20-16(23)13-5-6-25-12(13)3/h5-7,9H,8H2,1-4H3,(H,20,21,23). The number of hydrogen-bond donors (Lipinski definition) is 1. The first kappa shape index (κ1) is 16.7. The van der Waals surface area contributed by atoms with Gasteiger partial charge in [0, 0.05) is 17.3 Å². The van der Waals surface area contributed by atoms with Gasteiger partial charge in [-0.25, -0.2) is 9.67 Å². The number of nitrogens with zero attached hydrogens (tertiary/aromatic N) is 4. The predicted molar refractivity (Wildman–Crippen MR) is 90.8 cm³/mol. The molecule has 0 unspecified atom stereocenters. The highest BCUT2D eigenvalue weighted by molar-refractivity contribution is 6.03. The zero-order chi connectivity index (χ0) is 18.0. The van der Waals surface area contributed by atoms with Crippen LogP contribution in [0, 0.1) is 20.8 Å². The van der Waals surface area contributed by atoms with Crippen LogP contribution in [-0.4, -0.2) is 32.8 Å². The second kappa shape index (κ2) is 6.76. The minimum Gasteiger partial charge on any atom is -0.496 e. The summed E-state index contributed by atoms with van der Waals surface area (Å²) in [5.74, 6) is 1.27. The molecule has 8 nitrogen and oxygen atoms in total. The van der Waals surface area contributed by atoms with Crippen molar-refractivity contribution in [3.8, 4) is 5.75 Å². The maximum atomic E-state index is 12.1. The molecular weight excluding hydrogens is 322 g/mol. The number of amides is 1. The molecule has 1 amide bonds. The Bertz CT molecular complexity index is 913. The van der Waals surface area contributed by atoms with Crippen LogP contribution >= 0.6 is 0 Å². The quantitative estimate of drug-likeness (QED) is 0.766. The molecule has 0 saturated carbocycles. The summed E-state index contributed by atoms with van der Waals surface area (Å²) in [5.41, 5.74) is 3.22. The Morgan fingerprint density at radius 3 is 2.80 bits per heavy atom. The van der Waals surface area contributed by atoms with Crippen molar-refractivity contribution in [3.63, 3.8) is 0 Å². The highest BCUT2D eigenvalue weighted by atomic mass is 16.5. The Labute approximate surface area is 144 Å². The molecule has 0 aliphatic rings. The van der Waals surface area contributed by atoms with Gasteiger partial charge >= 0.3 is 0 Å². The Hall–Kier alpha value is -3.16. The van der Waals surface area contributed by atoms with Crippen molar-refractivity contribution < 1.29 is 13.9 Å². The zero-order valence-electron chi connectivity index (χ0n) is 14.5. The van der Waals surface area contributed by atoms with Crippen LogP contribution in [-0.2, 0) is 6.54 Å². The third-order valence-corrected chi connectivity index (χ3v) is 3.93. The average Bonchev–Trinajstić information content (AvgIpc) is 3.19. The first-order valence-corrected chi connectivity index (χ1v) is 7.73. The summed E-state index contributed by atoms with van der Waals surface area (Å²) in [6.45, 7) is 6.05. The number of aryl methyl sites for hydroxylation is 2. The summed E-state index contributed by atoms with van der Waals surface area (Å²) in [6.07, 6.45) is 4.78. The van der Waals surface area contributed by atoms with E-state index >= 15 is 0 Å². The molecule has 0 aromatic carbocycles. The van der Waals surface area contributed by atoms with Gasteiger partial charge in [0.1, 0.15) is 17.8 Å². The fraction of sp³-hybridized carbons (Fsp3) is 0.294. The summed E-state index contributed by atoms with van der Waals surface area (Å²) in [6, 6.07) is 1.60. The van der Waals surface area contributed by atoms with E-state index in [0.717, 1.165) is 22.6 Å². The molecule has 130 valence electrons. The Morgan fingerprint density at radius 1 is 1.32 bits per heavy atom. The normalized spacial score (nSPS) is 10.7. The van der Waals surface area contributed by atoms with Crippen molar-refractivity contribution in [2.75, 3.05) is 12.4 Å². The number of carbonyl (C=O) groups is 1. The van der Waals surface area contributed by atoms with Gasteiger partial charge in [0.25, 0.3) is 5.91 Å². The molecule has 0 atom stereocenters. The number of nitrogens with one attached hydrogen (secondary N) is 1. The summed E-state index contributed by atoms with van der Waals surface area (Å²) in [4.78, 5) is 20.7. The van der Waals surface area contributed by atoms with E-state index < -0.39 is 0 Å². The number of pyridine rings is 1. The van der Waals surface area contributed by atoms with Crippen LogP contribution in [0.1, 0.15) is 32.9 Å². The van der Waals surface area contributed by atoms with Crippen LogP contribution < -0.4 is 10.1 Å². The molecular formula is C17H19N5O3. The van der Waals surface area contributed by atoms with Gasteiger partial charge in [0.05, 0.1) is 31.2 Å². The number of methoxy groups -OCH3 is 1. The van der Waals surface area contributed by atoms with Gasteiger partial charge in [-0.15, -0.1) is 5.10 Å². The maximum Gasteiger partial charge on any atom is 0.261 e. The topological polar surface area (TPSA) is 95.1 Å². The first-order chi connectivity index (χ1) is 12.0. The molecule has 8 heteroatoms. The van der Waals surface area contributed by atoms with Crippen LogP contribution in [0.3, 0.4) is 0 Å². The van der Waals surface area contributed by atoms with Crippen molar-refractivity contribution in [2.45, 2.75) is 27.3 Å². The lowest BCUT2D eigenvalue weighted by Crippen LogP contribution is -2.14.